The second kappa shape index (κ2) is 6.01. The van der Waals surface area contributed by atoms with Gasteiger partial charge < -0.3 is 9.84 Å². The predicted octanol–water partition coefficient (Wildman–Crippen LogP) is 3.19. The first-order valence-corrected chi connectivity index (χ1v) is 8.06. The average molecular weight is 356 g/mol. The third-order valence-electron chi connectivity index (χ3n) is 4.96. The van der Waals surface area contributed by atoms with E-state index in [1.54, 1.807) is 6.92 Å². The van der Waals surface area contributed by atoms with Gasteiger partial charge in [-0.3, -0.25) is 4.79 Å². The second-order valence-electron chi connectivity index (χ2n) is 6.48. The van der Waals surface area contributed by atoms with Gasteiger partial charge in [-0.1, -0.05) is 13.3 Å². The summed E-state index contributed by atoms with van der Waals surface area (Å²) in [5, 5.41) is 14.7. The van der Waals surface area contributed by atoms with Crippen molar-refractivity contribution in [2.24, 2.45) is 16.9 Å². The van der Waals surface area contributed by atoms with Crippen LogP contribution in [0.2, 0.25) is 0 Å². The van der Waals surface area contributed by atoms with Crippen LogP contribution in [0.3, 0.4) is 0 Å². The van der Waals surface area contributed by atoms with Crippen molar-refractivity contribution in [3.05, 3.63) is 29.8 Å². The Bertz CT molecular complexity index is 702. The summed E-state index contributed by atoms with van der Waals surface area (Å²) in [4.78, 5) is 12.7. The van der Waals surface area contributed by atoms with Crippen LogP contribution < -0.4 is 4.74 Å². The smallest absolute Gasteiger partial charge is 0.439 e. The minimum atomic E-state index is -5.01. The molecule has 1 saturated carbocycles. The molecule has 1 aliphatic heterocycles. The van der Waals surface area contributed by atoms with Crippen molar-refractivity contribution >= 4 is 11.6 Å². The van der Waals surface area contributed by atoms with Crippen LogP contribution in [0.5, 0.6) is 5.75 Å². The minimum absolute atomic E-state index is 0.000810. The molecule has 0 radical (unpaired) electrons. The number of carbonyl (C=O) groups excluding carboxylic acids is 1. The Kier molecular flexibility index (Phi) is 4.26. The van der Waals surface area contributed by atoms with Gasteiger partial charge in [-0.05, 0) is 43.0 Å². The fourth-order valence-electron chi connectivity index (χ4n) is 3.56. The van der Waals surface area contributed by atoms with Gasteiger partial charge in [0.1, 0.15) is 5.75 Å². The summed E-state index contributed by atoms with van der Waals surface area (Å²) in [6.07, 6.45) is -3.63. The van der Waals surface area contributed by atoms with Gasteiger partial charge in [0, 0.05) is 11.3 Å². The summed E-state index contributed by atoms with van der Waals surface area (Å²) < 4.78 is 46.2. The number of ether oxygens (including phenoxy) is 1. The van der Waals surface area contributed by atoms with E-state index in [1.165, 1.54) is 31.4 Å². The molecule has 1 amide bonds. The van der Waals surface area contributed by atoms with Gasteiger partial charge in [0.15, 0.2) is 0 Å². The number of hydrazone groups is 1. The number of methoxy groups -OCH3 is 1. The number of benzene rings is 1. The van der Waals surface area contributed by atoms with E-state index in [9.17, 15) is 23.1 Å². The molecular weight excluding hydrogens is 337 g/mol. The van der Waals surface area contributed by atoms with Crippen molar-refractivity contribution < 1.29 is 27.8 Å². The van der Waals surface area contributed by atoms with E-state index >= 15 is 0 Å². The van der Waals surface area contributed by atoms with Gasteiger partial charge in [0.05, 0.1) is 13.0 Å². The zero-order valence-corrected chi connectivity index (χ0v) is 13.9. The van der Waals surface area contributed by atoms with Crippen LogP contribution in [0.4, 0.5) is 13.2 Å². The molecule has 1 aromatic rings. The second-order valence-corrected chi connectivity index (χ2v) is 6.48. The summed E-state index contributed by atoms with van der Waals surface area (Å²) in [6, 6.07) is 5.64. The number of nitrogens with zero attached hydrogens (tertiary/aromatic N) is 2. The lowest BCUT2D eigenvalue weighted by Gasteiger charge is -2.39. The summed E-state index contributed by atoms with van der Waals surface area (Å²) in [7, 11) is 1.44. The molecule has 0 aromatic heterocycles. The number of hydrogen-bond acceptors (Lipinski definition) is 4. The number of fused-ring (bicyclic) bond motifs is 1. The van der Waals surface area contributed by atoms with E-state index in [2.05, 4.69) is 5.10 Å². The number of amides is 1. The monoisotopic (exact) mass is 356 g/mol. The Labute approximate surface area is 143 Å². The van der Waals surface area contributed by atoms with E-state index in [0.29, 0.717) is 18.6 Å². The Morgan fingerprint density at radius 2 is 1.96 bits per heavy atom. The first-order chi connectivity index (χ1) is 11.7. The molecule has 0 unspecified atom stereocenters. The topological polar surface area (TPSA) is 62.1 Å². The molecular formula is C17H19F3N2O3. The van der Waals surface area contributed by atoms with Crippen molar-refractivity contribution in [1.29, 1.82) is 0 Å². The molecule has 1 fully saturated rings. The standard InChI is InChI=1S/C17H19F3N2O3/c1-10-4-3-5-13-14(10)21-22(16(13,24)17(18,19)20)15(23)11-6-8-12(25-2)9-7-11/h6-10,13,24H,3-5H2,1-2H3/t10-,13-,16-/m1/s1. The highest BCUT2D eigenvalue weighted by atomic mass is 19.4. The Balaban J connectivity index is 2.03. The molecule has 3 atom stereocenters. The van der Waals surface area contributed by atoms with Crippen LogP contribution in [0, 0.1) is 11.8 Å². The zero-order valence-electron chi connectivity index (χ0n) is 13.9. The summed E-state index contributed by atoms with van der Waals surface area (Å²) >= 11 is 0. The first-order valence-electron chi connectivity index (χ1n) is 8.06. The van der Waals surface area contributed by atoms with Crippen LogP contribution in [0.15, 0.2) is 29.4 Å². The first kappa shape index (κ1) is 17.7. The van der Waals surface area contributed by atoms with Crippen molar-refractivity contribution in [3.63, 3.8) is 0 Å². The van der Waals surface area contributed by atoms with Crippen LogP contribution >= 0.6 is 0 Å². The van der Waals surface area contributed by atoms with Gasteiger partial charge in [-0.2, -0.15) is 23.3 Å². The molecule has 0 saturated heterocycles. The van der Waals surface area contributed by atoms with Gasteiger partial charge >= 0.3 is 6.18 Å². The Morgan fingerprint density at radius 1 is 1.32 bits per heavy atom. The van der Waals surface area contributed by atoms with E-state index in [0.717, 1.165) is 0 Å². The lowest BCUT2D eigenvalue weighted by atomic mass is 9.75. The van der Waals surface area contributed by atoms with Gasteiger partial charge in [0.2, 0.25) is 0 Å². The summed E-state index contributed by atoms with van der Waals surface area (Å²) in [6.45, 7) is 1.77. The number of alkyl halides is 3. The van der Waals surface area contributed by atoms with Gasteiger partial charge in [-0.25, -0.2) is 0 Å². The van der Waals surface area contributed by atoms with Crippen LogP contribution in [0.1, 0.15) is 36.5 Å². The van der Waals surface area contributed by atoms with Crippen molar-refractivity contribution in [2.75, 3.05) is 7.11 Å². The maximum Gasteiger partial charge on any atom is 0.439 e. The molecule has 25 heavy (non-hydrogen) atoms. The highest BCUT2D eigenvalue weighted by Crippen LogP contribution is 2.49. The largest absolute Gasteiger partial charge is 0.497 e. The normalized spacial score (nSPS) is 29.2. The maximum atomic E-state index is 13.8. The third kappa shape index (κ3) is 2.68. The molecule has 0 bridgehead atoms. The van der Waals surface area contributed by atoms with E-state index in [1.807, 2.05) is 0 Å². The van der Waals surface area contributed by atoms with E-state index < -0.39 is 23.7 Å². The molecule has 1 N–H and O–H groups in total. The number of carbonyl (C=O) groups is 1. The zero-order chi connectivity index (χ0) is 18.4. The molecule has 1 heterocycles. The van der Waals surface area contributed by atoms with Crippen molar-refractivity contribution in [2.45, 2.75) is 38.1 Å². The number of halogens is 3. The number of aliphatic hydroxyl groups is 1. The fourth-order valence-corrected chi connectivity index (χ4v) is 3.56. The van der Waals surface area contributed by atoms with Crippen molar-refractivity contribution in [3.8, 4) is 5.75 Å². The molecule has 3 rings (SSSR count). The molecule has 2 aliphatic rings. The van der Waals surface area contributed by atoms with E-state index in [-0.39, 0.29) is 28.6 Å². The van der Waals surface area contributed by atoms with Crippen LogP contribution in [-0.2, 0) is 0 Å². The summed E-state index contributed by atoms with van der Waals surface area (Å²) in [5.74, 6) is -1.95. The number of hydrogen-bond donors (Lipinski definition) is 1. The Morgan fingerprint density at radius 3 is 2.52 bits per heavy atom. The third-order valence-corrected chi connectivity index (χ3v) is 4.96. The minimum Gasteiger partial charge on any atom is -0.497 e. The lowest BCUT2D eigenvalue weighted by molar-refractivity contribution is -0.312. The Hall–Kier alpha value is -2.09. The van der Waals surface area contributed by atoms with Gasteiger partial charge in [0.25, 0.3) is 11.6 Å². The molecule has 0 spiro atoms. The highest BCUT2D eigenvalue weighted by Gasteiger charge is 2.69. The van der Waals surface area contributed by atoms with Crippen molar-refractivity contribution in [1.82, 2.24) is 5.01 Å². The molecule has 1 aromatic carbocycles. The summed E-state index contributed by atoms with van der Waals surface area (Å²) in [5.41, 5.74) is -3.07. The fraction of sp³-hybridized carbons (Fsp3) is 0.529. The lowest BCUT2D eigenvalue weighted by Crippen LogP contribution is -2.61. The average Bonchev–Trinajstić information content (AvgIpc) is 2.90. The highest BCUT2D eigenvalue weighted by molar-refractivity contribution is 6.00. The number of rotatable bonds is 2. The predicted molar refractivity (Wildman–Crippen MR) is 84.1 cm³/mol. The quantitative estimate of drug-likeness (QED) is 0.885. The maximum absolute atomic E-state index is 13.8. The molecule has 5 nitrogen and oxygen atoms in total. The van der Waals surface area contributed by atoms with Crippen LogP contribution in [-0.4, -0.2) is 40.7 Å². The van der Waals surface area contributed by atoms with Crippen LogP contribution in [0.25, 0.3) is 0 Å². The van der Waals surface area contributed by atoms with Gasteiger partial charge in [-0.15, -0.1) is 0 Å². The molecule has 136 valence electrons. The SMILES string of the molecule is COc1ccc(C(=O)N2N=C3[C@H](C)CCC[C@H]3[C@@]2(O)C(F)(F)F)cc1. The van der Waals surface area contributed by atoms with E-state index in [4.69, 9.17) is 4.74 Å². The molecule has 8 heteroatoms. The molecule has 1 aliphatic carbocycles.